The summed E-state index contributed by atoms with van der Waals surface area (Å²) < 4.78 is 1.54. The van der Waals surface area contributed by atoms with Crippen LogP contribution in [0.25, 0.3) is 0 Å². The maximum absolute atomic E-state index is 13.2. The average Bonchev–Trinajstić information content (AvgIpc) is 3.16. The highest BCUT2D eigenvalue weighted by molar-refractivity contribution is 6.01. The van der Waals surface area contributed by atoms with Gasteiger partial charge in [0.25, 0.3) is 11.8 Å². The molecule has 3 heterocycles. The van der Waals surface area contributed by atoms with E-state index < -0.39 is 5.54 Å². The first-order chi connectivity index (χ1) is 14.3. The Bertz CT molecular complexity index is 836. The molecule has 2 fully saturated rings. The van der Waals surface area contributed by atoms with E-state index in [1.165, 1.54) is 11.3 Å². The molecule has 3 aliphatic rings. The smallest absolute Gasteiger partial charge is 0.274 e. The van der Waals surface area contributed by atoms with Crippen molar-refractivity contribution in [3.05, 3.63) is 17.5 Å². The summed E-state index contributed by atoms with van der Waals surface area (Å²) >= 11 is 0. The Labute approximate surface area is 178 Å². The van der Waals surface area contributed by atoms with Crippen molar-refractivity contribution >= 4 is 17.7 Å². The summed E-state index contributed by atoms with van der Waals surface area (Å²) in [4.78, 5) is 42.4. The Morgan fingerprint density at radius 1 is 1.13 bits per heavy atom. The Balaban J connectivity index is 1.52. The van der Waals surface area contributed by atoms with Gasteiger partial charge in [0.1, 0.15) is 11.2 Å². The van der Waals surface area contributed by atoms with E-state index in [4.69, 9.17) is 0 Å². The van der Waals surface area contributed by atoms with Crippen LogP contribution in [-0.2, 0) is 11.3 Å². The topological polar surface area (TPSA) is 87.5 Å². The minimum atomic E-state index is -1.03. The lowest BCUT2D eigenvalue weighted by Gasteiger charge is -2.41. The Hall–Kier alpha value is -2.38. The van der Waals surface area contributed by atoms with Crippen LogP contribution in [0.3, 0.4) is 0 Å². The van der Waals surface area contributed by atoms with E-state index in [0.29, 0.717) is 17.3 Å². The van der Waals surface area contributed by atoms with E-state index in [-0.39, 0.29) is 30.3 Å². The summed E-state index contributed by atoms with van der Waals surface area (Å²) in [5.41, 5.74) is -0.374. The van der Waals surface area contributed by atoms with Crippen LogP contribution in [0.15, 0.2) is 6.07 Å². The second-order valence-electron chi connectivity index (χ2n) is 9.49. The zero-order valence-corrected chi connectivity index (χ0v) is 18.3. The van der Waals surface area contributed by atoms with Gasteiger partial charge in [0.2, 0.25) is 5.91 Å². The highest BCUT2D eigenvalue weighted by Crippen LogP contribution is 2.28. The molecule has 1 aromatic rings. The fourth-order valence-corrected chi connectivity index (χ4v) is 4.79. The van der Waals surface area contributed by atoms with Gasteiger partial charge in [-0.15, -0.1) is 0 Å². The van der Waals surface area contributed by atoms with E-state index in [2.05, 4.69) is 17.3 Å². The number of amides is 3. The number of piperidine rings is 1. The van der Waals surface area contributed by atoms with Gasteiger partial charge in [-0.25, -0.2) is 0 Å². The number of carbonyl (C=O) groups is 3. The summed E-state index contributed by atoms with van der Waals surface area (Å²) in [7, 11) is 1.66. The van der Waals surface area contributed by atoms with Crippen LogP contribution in [0.5, 0.6) is 0 Å². The zero-order chi connectivity index (χ0) is 21.5. The molecule has 1 N–H and O–H groups in total. The molecule has 30 heavy (non-hydrogen) atoms. The largest absolute Gasteiger partial charge is 0.351 e. The molecule has 3 amide bonds. The molecule has 4 rings (SSSR count). The lowest BCUT2D eigenvalue weighted by atomic mass is 9.92. The second kappa shape index (κ2) is 8.04. The first-order valence-corrected chi connectivity index (χ1v) is 11.3. The summed E-state index contributed by atoms with van der Waals surface area (Å²) in [5, 5.41) is 7.60. The first kappa shape index (κ1) is 20.9. The van der Waals surface area contributed by atoms with Crippen molar-refractivity contribution < 1.29 is 14.4 Å². The Morgan fingerprint density at radius 3 is 2.47 bits per heavy atom. The van der Waals surface area contributed by atoms with Crippen LogP contribution in [0.1, 0.15) is 79.8 Å². The zero-order valence-electron chi connectivity index (χ0n) is 18.3. The van der Waals surface area contributed by atoms with Crippen molar-refractivity contribution in [1.29, 1.82) is 0 Å². The summed E-state index contributed by atoms with van der Waals surface area (Å²) in [6.07, 6.45) is 7.41. The number of fused-ring (bicyclic) bond motifs is 1. The van der Waals surface area contributed by atoms with Crippen molar-refractivity contribution in [2.75, 3.05) is 20.1 Å². The number of likely N-dealkylation sites (tertiary alicyclic amines) is 1. The molecule has 8 heteroatoms. The van der Waals surface area contributed by atoms with Gasteiger partial charge in [-0.2, -0.15) is 5.10 Å². The van der Waals surface area contributed by atoms with Gasteiger partial charge in [0, 0.05) is 32.2 Å². The monoisotopic (exact) mass is 415 g/mol. The predicted molar refractivity (Wildman–Crippen MR) is 112 cm³/mol. The Kier molecular flexibility index (Phi) is 5.59. The quantitative estimate of drug-likeness (QED) is 0.818. The van der Waals surface area contributed by atoms with Crippen LogP contribution in [0.4, 0.5) is 0 Å². The van der Waals surface area contributed by atoms with E-state index in [9.17, 15) is 14.4 Å². The molecule has 1 saturated heterocycles. The number of hydrogen-bond acceptors (Lipinski definition) is 4. The fourth-order valence-electron chi connectivity index (χ4n) is 4.79. The highest BCUT2D eigenvalue weighted by atomic mass is 16.2. The van der Waals surface area contributed by atoms with E-state index >= 15 is 0 Å². The molecular formula is C22H33N5O3. The summed E-state index contributed by atoms with van der Waals surface area (Å²) in [5.74, 6) is 0.0705. The molecule has 1 aliphatic carbocycles. The second-order valence-corrected chi connectivity index (χ2v) is 9.49. The van der Waals surface area contributed by atoms with Gasteiger partial charge >= 0.3 is 0 Å². The van der Waals surface area contributed by atoms with Gasteiger partial charge in [-0.3, -0.25) is 19.1 Å². The standard InChI is InChI=1S/C22H33N5O3/c1-15-9-11-26(12-10-15)19(28)17-13-18-20(29)25(3)22(2,14-27(18)24-17)21(30)23-16-7-5-4-6-8-16/h13,15-16H,4-12,14H2,1-3H3,(H,23,30)/t22-/m0/s1. The molecule has 0 bridgehead atoms. The number of rotatable bonds is 3. The van der Waals surface area contributed by atoms with E-state index in [1.54, 1.807) is 24.7 Å². The van der Waals surface area contributed by atoms with Gasteiger partial charge in [-0.05, 0) is 38.5 Å². The Morgan fingerprint density at radius 2 is 1.80 bits per heavy atom. The van der Waals surface area contributed by atoms with E-state index in [0.717, 1.165) is 51.6 Å². The predicted octanol–water partition coefficient (Wildman–Crippen LogP) is 2.05. The molecular weight excluding hydrogens is 382 g/mol. The number of nitrogens with one attached hydrogen (secondary N) is 1. The molecule has 1 aromatic heterocycles. The van der Waals surface area contributed by atoms with Gasteiger partial charge < -0.3 is 15.1 Å². The highest BCUT2D eigenvalue weighted by Gasteiger charge is 2.47. The number of hydrogen-bond donors (Lipinski definition) is 1. The lowest BCUT2D eigenvalue weighted by molar-refractivity contribution is -0.133. The molecule has 8 nitrogen and oxygen atoms in total. The van der Waals surface area contributed by atoms with Crippen molar-refractivity contribution in [3.8, 4) is 0 Å². The third kappa shape index (κ3) is 3.72. The number of nitrogens with zero attached hydrogens (tertiary/aromatic N) is 4. The number of aromatic nitrogens is 2. The molecule has 0 radical (unpaired) electrons. The maximum atomic E-state index is 13.2. The normalized spacial score (nSPS) is 25.9. The molecule has 0 spiro atoms. The van der Waals surface area contributed by atoms with Crippen LogP contribution in [-0.4, -0.2) is 69.0 Å². The molecule has 1 atom stereocenters. The number of carbonyl (C=O) groups excluding carboxylic acids is 3. The molecule has 2 aliphatic heterocycles. The van der Waals surface area contributed by atoms with E-state index in [1.807, 2.05) is 4.90 Å². The summed E-state index contributed by atoms with van der Waals surface area (Å²) in [6, 6.07) is 1.75. The van der Waals surface area contributed by atoms with Gasteiger partial charge in [-0.1, -0.05) is 26.2 Å². The SMILES string of the molecule is CC1CCN(C(=O)c2cc3n(n2)C[C@@](C)(C(=O)NC2CCCCC2)N(C)C3=O)CC1. The molecule has 164 valence electrons. The minimum Gasteiger partial charge on any atom is -0.351 e. The van der Waals surface area contributed by atoms with Crippen LogP contribution < -0.4 is 5.32 Å². The summed E-state index contributed by atoms with van der Waals surface area (Å²) in [6.45, 7) is 5.66. The number of likely N-dealkylation sites (N-methyl/N-ethyl adjacent to an activating group) is 1. The van der Waals surface area contributed by atoms with Crippen LogP contribution in [0, 0.1) is 5.92 Å². The lowest BCUT2D eigenvalue weighted by Crippen LogP contribution is -2.63. The molecule has 1 saturated carbocycles. The average molecular weight is 416 g/mol. The van der Waals surface area contributed by atoms with Crippen molar-refractivity contribution in [3.63, 3.8) is 0 Å². The first-order valence-electron chi connectivity index (χ1n) is 11.3. The van der Waals surface area contributed by atoms with Crippen LogP contribution in [0.2, 0.25) is 0 Å². The fraction of sp³-hybridized carbons (Fsp3) is 0.727. The van der Waals surface area contributed by atoms with Crippen LogP contribution >= 0.6 is 0 Å². The molecule has 0 unspecified atom stereocenters. The van der Waals surface area contributed by atoms with Crippen molar-refractivity contribution in [1.82, 2.24) is 24.9 Å². The van der Waals surface area contributed by atoms with Gasteiger partial charge in [0.15, 0.2) is 5.69 Å². The third-order valence-corrected chi connectivity index (χ3v) is 7.22. The molecule has 0 aromatic carbocycles. The third-order valence-electron chi connectivity index (χ3n) is 7.22. The van der Waals surface area contributed by atoms with Crippen molar-refractivity contribution in [2.45, 2.75) is 76.9 Å². The van der Waals surface area contributed by atoms with Gasteiger partial charge in [0.05, 0.1) is 6.54 Å². The van der Waals surface area contributed by atoms with Crippen molar-refractivity contribution in [2.24, 2.45) is 5.92 Å². The minimum absolute atomic E-state index is 0.132. The maximum Gasteiger partial charge on any atom is 0.274 e.